The van der Waals surface area contributed by atoms with Gasteiger partial charge in [-0.3, -0.25) is 9.69 Å². The van der Waals surface area contributed by atoms with Crippen LogP contribution in [0.15, 0.2) is 24.3 Å². The highest BCUT2D eigenvalue weighted by Crippen LogP contribution is 2.14. The second-order valence-electron chi connectivity index (χ2n) is 7.37. The SMILES string of the molecule is O=C(NCCCN1CCC(O)CC1)c1cccc(CN2CCCC2)c1. The molecular weight excluding hydrogens is 314 g/mol. The number of amides is 1. The molecule has 25 heavy (non-hydrogen) atoms. The van der Waals surface area contributed by atoms with Crippen LogP contribution in [0.5, 0.6) is 0 Å². The lowest BCUT2D eigenvalue weighted by Crippen LogP contribution is -2.37. The van der Waals surface area contributed by atoms with E-state index in [9.17, 15) is 9.90 Å². The Balaban J connectivity index is 1.38. The Bertz CT molecular complexity index is 550. The number of carbonyl (C=O) groups is 1. The molecule has 5 heteroatoms. The standard InChI is InChI=1S/C20H31N3O2/c24-19-7-13-22(14-8-19)12-4-9-21-20(25)18-6-3-5-17(15-18)16-23-10-1-2-11-23/h3,5-6,15,19,24H,1-2,4,7-14,16H2,(H,21,25). The van der Waals surface area contributed by atoms with Gasteiger partial charge < -0.3 is 15.3 Å². The van der Waals surface area contributed by atoms with Gasteiger partial charge in [-0.2, -0.15) is 0 Å². The topological polar surface area (TPSA) is 55.8 Å². The average Bonchev–Trinajstić information content (AvgIpc) is 3.13. The van der Waals surface area contributed by atoms with Gasteiger partial charge in [0.25, 0.3) is 5.91 Å². The van der Waals surface area contributed by atoms with Crippen molar-refractivity contribution in [3.8, 4) is 0 Å². The van der Waals surface area contributed by atoms with Gasteiger partial charge in [0.1, 0.15) is 0 Å². The van der Waals surface area contributed by atoms with Crippen LogP contribution in [0, 0.1) is 0 Å². The maximum atomic E-state index is 12.4. The van der Waals surface area contributed by atoms with E-state index in [1.807, 2.05) is 18.2 Å². The van der Waals surface area contributed by atoms with Crippen LogP contribution in [-0.2, 0) is 6.54 Å². The number of rotatable bonds is 7. The lowest BCUT2D eigenvalue weighted by molar-refractivity contribution is 0.0816. The van der Waals surface area contributed by atoms with Gasteiger partial charge in [-0.15, -0.1) is 0 Å². The smallest absolute Gasteiger partial charge is 0.251 e. The van der Waals surface area contributed by atoms with Crippen molar-refractivity contribution in [1.82, 2.24) is 15.1 Å². The molecule has 0 saturated carbocycles. The van der Waals surface area contributed by atoms with Gasteiger partial charge in [-0.25, -0.2) is 0 Å². The molecule has 2 saturated heterocycles. The summed E-state index contributed by atoms with van der Waals surface area (Å²) in [6.07, 6.45) is 5.15. The molecule has 0 aromatic heterocycles. The van der Waals surface area contributed by atoms with Crippen LogP contribution in [0.4, 0.5) is 0 Å². The fourth-order valence-electron chi connectivity index (χ4n) is 3.76. The molecule has 0 aliphatic carbocycles. The quantitative estimate of drug-likeness (QED) is 0.741. The van der Waals surface area contributed by atoms with Gasteiger partial charge in [-0.1, -0.05) is 12.1 Å². The molecule has 2 N–H and O–H groups in total. The zero-order valence-electron chi connectivity index (χ0n) is 15.1. The van der Waals surface area contributed by atoms with E-state index in [4.69, 9.17) is 0 Å². The summed E-state index contributed by atoms with van der Waals surface area (Å²) in [5.41, 5.74) is 1.99. The summed E-state index contributed by atoms with van der Waals surface area (Å²) in [6.45, 7) is 6.91. The van der Waals surface area contributed by atoms with Gasteiger partial charge in [0.15, 0.2) is 0 Å². The zero-order valence-corrected chi connectivity index (χ0v) is 15.1. The largest absolute Gasteiger partial charge is 0.393 e. The normalized spacial score (nSPS) is 20.0. The van der Waals surface area contributed by atoms with Crippen LogP contribution in [0.2, 0.25) is 0 Å². The Kier molecular flexibility index (Phi) is 6.84. The molecule has 5 nitrogen and oxygen atoms in total. The van der Waals surface area contributed by atoms with Gasteiger partial charge in [0, 0.05) is 31.7 Å². The molecular formula is C20H31N3O2. The Morgan fingerprint density at radius 2 is 1.88 bits per heavy atom. The van der Waals surface area contributed by atoms with Crippen molar-refractivity contribution < 1.29 is 9.90 Å². The first kappa shape index (κ1) is 18.4. The highest BCUT2D eigenvalue weighted by atomic mass is 16.3. The number of likely N-dealkylation sites (tertiary alicyclic amines) is 2. The summed E-state index contributed by atoms with van der Waals surface area (Å²) in [7, 11) is 0. The van der Waals surface area contributed by atoms with E-state index in [1.165, 1.54) is 31.5 Å². The molecule has 2 aliphatic rings. The minimum atomic E-state index is -0.121. The highest BCUT2D eigenvalue weighted by molar-refractivity contribution is 5.94. The molecule has 0 atom stereocenters. The summed E-state index contributed by atoms with van der Waals surface area (Å²) in [5, 5.41) is 12.6. The lowest BCUT2D eigenvalue weighted by atomic mass is 10.1. The minimum absolute atomic E-state index is 0.0253. The van der Waals surface area contributed by atoms with E-state index in [0.717, 1.165) is 51.0 Å². The zero-order chi connectivity index (χ0) is 17.5. The fourth-order valence-corrected chi connectivity index (χ4v) is 3.76. The van der Waals surface area contributed by atoms with Gasteiger partial charge >= 0.3 is 0 Å². The lowest BCUT2D eigenvalue weighted by Gasteiger charge is -2.29. The highest BCUT2D eigenvalue weighted by Gasteiger charge is 2.16. The molecule has 2 aliphatic heterocycles. The van der Waals surface area contributed by atoms with Crippen LogP contribution in [0.25, 0.3) is 0 Å². The third-order valence-electron chi connectivity index (χ3n) is 5.29. The Hall–Kier alpha value is -1.43. The second-order valence-corrected chi connectivity index (χ2v) is 7.37. The van der Waals surface area contributed by atoms with Gasteiger partial charge in [0.2, 0.25) is 0 Å². The Morgan fingerprint density at radius 1 is 1.12 bits per heavy atom. The summed E-state index contributed by atoms with van der Waals surface area (Å²) < 4.78 is 0. The Morgan fingerprint density at radius 3 is 2.64 bits per heavy atom. The molecule has 1 amide bonds. The molecule has 1 aromatic rings. The second kappa shape index (κ2) is 9.32. The van der Waals surface area contributed by atoms with Crippen LogP contribution in [0.3, 0.4) is 0 Å². The van der Waals surface area contributed by atoms with Gasteiger partial charge in [-0.05, 0) is 69.4 Å². The molecule has 0 radical (unpaired) electrons. The molecule has 0 spiro atoms. The maximum Gasteiger partial charge on any atom is 0.251 e. The predicted molar refractivity (Wildman–Crippen MR) is 99.6 cm³/mol. The average molecular weight is 345 g/mol. The van der Waals surface area contributed by atoms with E-state index < -0.39 is 0 Å². The fraction of sp³-hybridized carbons (Fsp3) is 0.650. The van der Waals surface area contributed by atoms with E-state index in [-0.39, 0.29) is 12.0 Å². The number of aliphatic hydroxyl groups is 1. The first-order valence-electron chi connectivity index (χ1n) is 9.70. The number of carbonyl (C=O) groups excluding carboxylic acids is 1. The van der Waals surface area contributed by atoms with Crippen LogP contribution < -0.4 is 5.32 Å². The van der Waals surface area contributed by atoms with Crippen molar-refractivity contribution in [1.29, 1.82) is 0 Å². The first-order valence-corrected chi connectivity index (χ1v) is 9.70. The van der Waals surface area contributed by atoms with E-state index in [1.54, 1.807) is 0 Å². The summed E-state index contributed by atoms with van der Waals surface area (Å²) in [6, 6.07) is 8.02. The molecule has 2 fully saturated rings. The number of aliphatic hydroxyl groups excluding tert-OH is 1. The summed E-state index contributed by atoms with van der Waals surface area (Å²) in [4.78, 5) is 17.2. The van der Waals surface area contributed by atoms with Crippen molar-refractivity contribution in [2.45, 2.75) is 44.8 Å². The summed E-state index contributed by atoms with van der Waals surface area (Å²) >= 11 is 0. The molecule has 0 unspecified atom stereocenters. The Labute approximate surface area is 151 Å². The van der Waals surface area contributed by atoms with Crippen molar-refractivity contribution in [2.24, 2.45) is 0 Å². The molecule has 3 rings (SSSR count). The number of benzene rings is 1. The number of hydrogen-bond donors (Lipinski definition) is 2. The molecule has 0 bridgehead atoms. The number of nitrogens with one attached hydrogen (secondary N) is 1. The van der Waals surface area contributed by atoms with Crippen molar-refractivity contribution in [3.05, 3.63) is 35.4 Å². The van der Waals surface area contributed by atoms with E-state index >= 15 is 0 Å². The third-order valence-corrected chi connectivity index (χ3v) is 5.29. The number of piperidine rings is 1. The van der Waals surface area contributed by atoms with Crippen LogP contribution >= 0.6 is 0 Å². The van der Waals surface area contributed by atoms with Crippen molar-refractivity contribution in [2.75, 3.05) is 39.3 Å². The minimum Gasteiger partial charge on any atom is -0.393 e. The molecule has 138 valence electrons. The maximum absolute atomic E-state index is 12.4. The van der Waals surface area contributed by atoms with Crippen molar-refractivity contribution in [3.63, 3.8) is 0 Å². The van der Waals surface area contributed by atoms with Crippen molar-refractivity contribution >= 4 is 5.91 Å². The molecule has 1 aromatic carbocycles. The molecule has 2 heterocycles. The first-order chi connectivity index (χ1) is 12.2. The van der Waals surface area contributed by atoms with E-state index in [0.29, 0.717) is 6.54 Å². The monoisotopic (exact) mass is 345 g/mol. The van der Waals surface area contributed by atoms with E-state index in [2.05, 4.69) is 21.2 Å². The van der Waals surface area contributed by atoms with Crippen LogP contribution in [0.1, 0.15) is 48.0 Å². The summed E-state index contributed by atoms with van der Waals surface area (Å²) in [5.74, 6) is 0.0253. The van der Waals surface area contributed by atoms with Crippen LogP contribution in [-0.4, -0.2) is 66.2 Å². The number of hydrogen-bond acceptors (Lipinski definition) is 4. The predicted octanol–water partition coefficient (Wildman–Crippen LogP) is 1.86. The van der Waals surface area contributed by atoms with Gasteiger partial charge in [0.05, 0.1) is 6.10 Å². The third kappa shape index (κ3) is 5.80. The number of nitrogens with zero attached hydrogens (tertiary/aromatic N) is 2.